The van der Waals surface area contributed by atoms with E-state index in [4.69, 9.17) is 4.74 Å². The van der Waals surface area contributed by atoms with E-state index >= 15 is 0 Å². The molecule has 0 saturated carbocycles. The lowest BCUT2D eigenvalue weighted by molar-refractivity contribution is 0.0932. The van der Waals surface area contributed by atoms with Crippen molar-refractivity contribution in [2.45, 2.75) is 19.8 Å². The summed E-state index contributed by atoms with van der Waals surface area (Å²) in [5.74, 6) is 1.32. The van der Waals surface area contributed by atoms with Crippen molar-refractivity contribution in [3.8, 4) is 0 Å². The molecule has 1 aliphatic rings. The van der Waals surface area contributed by atoms with Crippen LogP contribution in [0.5, 0.6) is 0 Å². The Kier molecular flexibility index (Phi) is 5.29. The maximum absolute atomic E-state index is 11.9. The van der Waals surface area contributed by atoms with Crippen LogP contribution in [0.15, 0.2) is 12.4 Å². The van der Waals surface area contributed by atoms with Crippen molar-refractivity contribution >= 4 is 11.7 Å². The molecule has 6 nitrogen and oxygen atoms in total. The van der Waals surface area contributed by atoms with Gasteiger partial charge in [0.05, 0.1) is 6.61 Å². The van der Waals surface area contributed by atoms with Gasteiger partial charge < -0.3 is 15.0 Å². The van der Waals surface area contributed by atoms with E-state index in [0.717, 1.165) is 18.9 Å². The van der Waals surface area contributed by atoms with Gasteiger partial charge >= 0.3 is 0 Å². The highest BCUT2D eigenvalue weighted by Crippen LogP contribution is 2.21. The van der Waals surface area contributed by atoms with Crippen molar-refractivity contribution in [1.82, 2.24) is 15.3 Å². The van der Waals surface area contributed by atoms with E-state index in [2.05, 4.69) is 27.1 Å². The van der Waals surface area contributed by atoms with Crippen molar-refractivity contribution in [2.24, 2.45) is 5.92 Å². The van der Waals surface area contributed by atoms with Gasteiger partial charge in [-0.05, 0) is 18.8 Å². The van der Waals surface area contributed by atoms with Crippen LogP contribution >= 0.6 is 0 Å². The molecule has 1 saturated heterocycles. The average Bonchev–Trinajstić information content (AvgIpc) is 2.47. The lowest BCUT2D eigenvalue weighted by atomic mass is 10.0. The largest absolute Gasteiger partial charge is 0.383 e. The van der Waals surface area contributed by atoms with Crippen molar-refractivity contribution in [3.63, 3.8) is 0 Å². The maximum Gasteiger partial charge on any atom is 0.270 e. The molecule has 1 atom stereocenters. The summed E-state index contributed by atoms with van der Waals surface area (Å²) in [7, 11) is 1.60. The third-order valence-electron chi connectivity index (χ3n) is 3.46. The normalized spacial score (nSPS) is 18.9. The van der Waals surface area contributed by atoms with E-state index in [9.17, 15) is 4.79 Å². The van der Waals surface area contributed by atoms with Gasteiger partial charge in [0.2, 0.25) is 0 Å². The van der Waals surface area contributed by atoms with Gasteiger partial charge in [0.15, 0.2) is 0 Å². The summed E-state index contributed by atoms with van der Waals surface area (Å²) in [5.41, 5.74) is 0.407. The molecule has 0 aromatic carbocycles. The van der Waals surface area contributed by atoms with Crippen molar-refractivity contribution < 1.29 is 9.53 Å². The van der Waals surface area contributed by atoms with Crippen LogP contribution in [0.1, 0.15) is 30.3 Å². The van der Waals surface area contributed by atoms with Crippen LogP contribution in [0.2, 0.25) is 0 Å². The number of piperidine rings is 1. The van der Waals surface area contributed by atoms with Gasteiger partial charge in [-0.3, -0.25) is 4.79 Å². The first-order valence-electron chi connectivity index (χ1n) is 7.05. The third-order valence-corrected chi connectivity index (χ3v) is 3.46. The summed E-state index contributed by atoms with van der Waals surface area (Å²) >= 11 is 0. The second kappa shape index (κ2) is 7.19. The van der Waals surface area contributed by atoms with Gasteiger partial charge in [-0.15, -0.1) is 0 Å². The summed E-state index contributed by atoms with van der Waals surface area (Å²) < 4.78 is 4.90. The molecular formula is C14H22N4O2. The minimum Gasteiger partial charge on any atom is -0.383 e. The molecule has 1 N–H and O–H groups in total. The number of nitrogens with zero attached hydrogens (tertiary/aromatic N) is 3. The Morgan fingerprint density at radius 1 is 1.55 bits per heavy atom. The summed E-state index contributed by atoms with van der Waals surface area (Å²) in [6, 6.07) is 1.76. The number of carbonyl (C=O) groups excluding carboxylic acids is 1. The van der Waals surface area contributed by atoms with Crippen molar-refractivity contribution in [3.05, 3.63) is 18.1 Å². The molecule has 0 radical (unpaired) electrons. The van der Waals surface area contributed by atoms with Gasteiger partial charge in [-0.25, -0.2) is 9.97 Å². The number of ether oxygens (including phenoxy) is 1. The van der Waals surface area contributed by atoms with Gasteiger partial charge in [-0.2, -0.15) is 0 Å². The fourth-order valence-electron chi connectivity index (χ4n) is 2.40. The molecule has 1 amide bonds. The van der Waals surface area contributed by atoms with Crippen LogP contribution in [0.4, 0.5) is 5.82 Å². The monoisotopic (exact) mass is 278 g/mol. The number of carbonyl (C=O) groups is 1. The zero-order valence-electron chi connectivity index (χ0n) is 12.1. The van der Waals surface area contributed by atoms with E-state index < -0.39 is 0 Å². The third kappa shape index (κ3) is 3.90. The summed E-state index contributed by atoms with van der Waals surface area (Å²) in [6.07, 6.45) is 3.88. The highest BCUT2D eigenvalue weighted by Gasteiger charge is 2.18. The van der Waals surface area contributed by atoms with Crippen molar-refractivity contribution in [1.29, 1.82) is 0 Å². The Morgan fingerprint density at radius 2 is 2.40 bits per heavy atom. The molecule has 0 spiro atoms. The van der Waals surface area contributed by atoms with Gasteiger partial charge in [0.1, 0.15) is 17.8 Å². The number of hydrogen-bond acceptors (Lipinski definition) is 5. The molecule has 0 bridgehead atoms. The number of methoxy groups -OCH3 is 1. The van der Waals surface area contributed by atoms with Crippen LogP contribution in [0.25, 0.3) is 0 Å². The molecule has 1 fully saturated rings. The number of anilines is 1. The Balaban J connectivity index is 2.01. The predicted octanol–water partition coefficient (Wildman–Crippen LogP) is 1.09. The highest BCUT2D eigenvalue weighted by atomic mass is 16.5. The second-order valence-electron chi connectivity index (χ2n) is 5.20. The molecule has 110 valence electrons. The fraction of sp³-hybridized carbons (Fsp3) is 0.643. The second-order valence-corrected chi connectivity index (χ2v) is 5.20. The quantitative estimate of drug-likeness (QED) is 0.817. The van der Waals surface area contributed by atoms with E-state index in [1.807, 2.05) is 0 Å². The molecule has 2 heterocycles. The smallest absolute Gasteiger partial charge is 0.270 e. The predicted molar refractivity (Wildman–Crippen MR) is 76.9 cm³/mol. The van der Waals surface area contributed by atoms with Crippen LogP contribution < -0.4 is 10.2 Å². The molecule has 0 aliphatic carbocycles. The Morgan fingerprint density at radius 3 is 3.15 bits per heavy atom. The molecule has 1 aromatic rings. The minimum absolute atomic E-state index is 0.184. The first-order chi connectivity index (χ1) is 9.70. The first kappa shape index (κ1) is 14.7. The van der Waals surface area contributed by atoms with Gasteiger partial charge in [-0.1, -0.05) is 6.92 Å². The van der Waals surface area contributed by atoms with Crippen LogP contribution in [-0.4, -0.2) is 49.2 Å². The molecule has 2 rings (SSSR count). The summed E-state index contributed by atoms with van der Waals surface area (Å²) in [4.78, 5) is 22.5. The van der Waals surface area contributed by atoms with E-state index in [1.165, 1.54) is 19.2 Å². The number of hydrogen-bond donors (Lipinski definition) is 1. The van der Waals surface area contributed by atoms with Gasteiger partial charge in [0.25, 0.3) is 5.91 Å². The lowest BCUT2D eigenvalue weighted by Crippen LogP contribution is -2.35. The Labute approximate surface area is 119 Å². The average molecular weight is 278 g/mol. The minimum atomic E-state index is -0.184. The SMILES string of the molecule is COCCNC(=O)c1cc(N2CCCC(C)C2)ncn1. The lowest BCUT2D eigenvalue weighted by Gasteiger charge is -2.31. The maximum atomic E-state index is 11.9. The first-order valence-corrected chi connectivity index (χ1v) is 7.05. The van der Waals surface area contributed by atoms with E-state index in [-0.39, 0.29) is 5.91 Å². The van der Waals surface area contributed by atoms with Crippen LogP contribution in [0, 0.1) is 5.92 Å². The fourth-order valence-corrected chi connectivity index (χ4v) is 2.40. The zero-order valence-corrected chi connectivity index (χ0v) is 12.1. The Hall–Kier alpha value is -1.69. The number of amides is 1. The Bertz CT molecular complexity index is 453. The van der Waals surface area contributed by atoms with Gasteiger partial charge in [0, 0.05) is 32.8 Å². The summed E-state index contributed by atoms with van der Waals surface area (Å²) in [6.45, 7) is 5.20. The topological polar surface area (TPSA) is 67.3 Å². The van der Waals surface area contributed by atoms with E-state index in [0.29, 0.717) is 24.8 Å². The van der Waals surface area contributed by atoms with E-state index in [1.54, 1.807) is 13.2 Å². The standard InChI is InChI=1S/C14H22N4O2/c1-11-4-3-6-18(9-11)13-8-12(16-10-17-13)14(19)15-5-7-20-2/h8,10-11H,3-7,9H2,1-2H3,(H,15,19). The van der Waals surface area contributed by atoms with Crippen LogP contribution in [-0.2, 0) is 4.74 Å². The van der Waals surface area contributed by atoms with Crippen LogP contribution in [0.3, 0.4) is 0 Å². The number of aromatic nitrogens is 2. The molecule has 20 heavy (non-hydrogen) atoms. The van der Waals surface area contributed by atoms with Crippen molar-refractivity contribution in [2.75, 3.05) is 38.3 Å². The number of nitrogens with one attached hydrogen (secondary N) is 1. The molecule has 1 aromatic heterocycles. The molecule has 1 unspecified atom stereocenters. The zero-order chi connectivity index (χ0) is 14.4. The molecule has 6 heteroatoms. The molecular weight excluding hydrogens is 256 g/mol. The summed E-state index contributed by atoms with van der Waals surface area (Å²) in [5, 5.41) is 2.77. The molecule has 1 aliphatic heterocycles. The highest BCUT2D eigenvalue weighted by molar-refractivity contribution is 5.92. The number of rotatable bonds is 5.